The summed E-state index contributed by atoms with van der Waals surface area (Å²) < 4.78 is 4.68. The van der Waals surface area contributed by atoms with Gasteiger partial charge in [0.05, 0.1) is 13.5 Å². The maximum Gasteiger partial charge on any atom is 0.354 e. The molecule has 0 spiro atoms. The van der Waals surface area contributed by atoms with Gasteiger partial charge in [0.2, 0.25) is 0 Å². The maximum atomic E-state index is 12.8. The van der Waals surface area contributed by atoms with Crippen LogP contribution in [0.15, 0.2) is 65.8 Å². The summed E-state index contributed by atoms with van der Waals surface area (Å²) in [5, 5.41) is 16.1. The Balaban J connectivity index is 2.05. The number of rotatable bonds is 3. The Morgan fingerprint density at radius 1 is 1.08 bits per heavy atom. The van der Waals surface area contributed by atoms with E-state index >= 15 is 0 Å². The van der Waals surface area contributed by atoms with E-state index in [2.05, 4.69) is 9.84 Å². The van der Waals surface area contributed by atoms with E-state index in [1.165, 1.54) is 7.11 Å². The van der Waals surface area contributed by atoms with Crippen LogP contribution in [0.1, 0.15) is 22.3 Å². The monoisotopic (exact) mass is 324 g/mol. The molecule has 1 aliphatic rings. The molecule has 0 bridgehead atoms. The van der Waals surface area contributed by atoms with Crippen LogP contribution < -0.4 is 0 Å². The second-order valence-electron chi connectivity index (χ2n) is 5.38. The Labute approximate surface area is 139 Å². The number of carbonyl (C=O) groups is 2. The van der Waals surface area contributed by atoms with E-state index in [1.807, 2.05) is 0 Å². The first-order chi connectivity index (χ1) is 11.6. The van der Waals surface area contributed by atoms with Gasteiger partial charge in [-0.25, -0.2) is 4.79 Å². The predicted octanol–water partition coefficient (Wildman–Crippen LogP) is 1.91. The van der Waals surface area contributed by atoms with Gasteiger partial charge in [0.15, 0.2) is 11.4 Å². The lowest BCUT2D eigenvalue weighted by Gasteiger charge is -2.31. The van der Waals surface area contributed by atoms with Gasteiger partial charge in [-0.15, -0.1) is 0 Å². The molecule has 1 atom stereocenters. The van der Waals surface area contributed by atoms with Crippen molar-refractivity contribution < 1.29 is 19.4 Å². The quantitative estimate of drug-likeness (QED) is 0.875. The lowest BCUT2D eigenvalue weighted by molar-refractivity contribution is -0.133. The molecule has 1 N–H and O–H groups in total. The topological polar surface area (TPSA) is 79.2 Å². The van der Waals surface area contributed by atoms with Crippen LogP contribution in [0.2, 0.25) is 0 Å². The molecule has 2 aromatic rings. The Bertz CT molecular complexity index is 789. The fourth-order valence-corrected chi connectivity index (χ4v) is 2.62. The first-order valence-corrected chi connectivity index (χ1v) is 7.39. The Hall–Kier alpha value is -2.99. The molecule has 0 aliphatic carbocycles. The van der Waals surface area contributed by atoms with E-state index in [0.717, 1.165) is 5.01 Å². The summed E-state index contributed by atoms with van der Waals surface area (Å²) >= 11 is 0. The minimum Gasteiger partial charge on any atom is -0.464 e. The van der Waals surface area contributed by atoms with Gasteiger partial charge in [-0.1, -0.05) is 48.5 Å². The van der Waals surface area contributed by atoms with Crippen molar-refractivity contribution in [1.29, 1.82) is 0 Å². The Morgan fingerprint density at radius 2 is 1.67 bits per heavy atom. The van der Waals surface area contributed by atoms with Crippen molar-refractivity contribution in [3.8, 4) is 0 Å². The fraction of sp³-hybridized carbons (Fsp3) is 0.167. The SMILES string of the molecule is COC(=O)C1=NN(C(=O)c2ccccc2)C(O)(c2ccccc2)C1. The third-order valence-electron chi connectivity index (χ3n) is 3.86. The standard InChI is InChI=1S/C18H16N2O4/c1-24-17(22)15-12-18(23,14-10-6-3-7-11-14)20(19-15)16(21)13-8-4-2-5-9-13/h2-11,23H,12H2,1H3. The number of hydrogen-bond donors (Lipinski definition) is 1. The second-order valence-corrected chi connectivity index (χ2v) is 5.38. The van der Waals surface area contributed by atoms with E-state index in [1.54, 1.807) is 60.7 Å². The van der Waals surface area contributed by atoms with E-state index < -0.39 is 17.6 Å². The van der Waals surface area contributed by atoms with Gasteiger partial charge in [0.25, 0.3) is 5.91 Å². The molecule has 2 aromatic carbocycles. The number of hydrogen-bond acceptors (Lipinski definition) is 5. The highest BCUT2D eigenvalue weighted by molar-refractivity contribution is 6.37. The lowest BCUT2D eigenvalue weighted by atomic mass is 9.97. The minimum atomic E-state index is -1.74. The summed E-state index contributed by atoms with van der Waals surface area (Å²) in [5.74, 6) is -1.17. The molecule has 1 aliphatic heterocycles. The van der Waals surface area contributed by atoms with Crippen LogP contribution in [-0.4, -0.2) is 34.8 Å². The molecule has 0 saturated carbocycles. The molecule has 24 heavy (non-hydrogen) atoms. The molecule has 0 radical (unpaired) electrons. The molecular formula is C18H16N2O4. The van der Waals surface area contributed by atoms with Gasteiger partial charge in [-0.05, 0) is 12.1 Å². The molecule has 6 heteroatoms. The Morgan fingerprint density at radius 3 is 2.25 bits per heavy atom. The molecule has 0 fully saturated rings. The number of carbonyl (C=O) groups excluding carboxylic acids is 2. The third-order valence-corrected chi connectivity index (χ3v) is 3.86. The van der Waals surface area contributed by atoms with Crippen molar-refractivity contribution in [3.63, 3.8) is 0 Å². The number of benzene rings is 2. The van der Waals surface area contributed by atoms with Crippen LogP contribution in [0.5, 0.6) is 0 Å². The van der Waals surface area contributed by atoms with Gasteiger partial charge in [-0.3, -0.25) is 4.79 Å². The fourth-order valence-electron chi connectivity index (χ4n) is 2.62. The largest absolute Gasteiger partial charge is 0.464 e. The zero-order valence-corrected chi connectivity index (χ0v) is 13.0. The molecule has 6 nitrogen and oxygen atoms in total. The highest BCUT2D eigenvalue weighted by Gasteiger charge is 2.48. The number of hydrazone groups is 1. The number of esters is 1. The van der Waals surface area contributed by atoms with Gasteiger partial charge >= 0.3 is 5.97 Å². The summed E-state index contributed by atoms with van der Waals surface area (Å²) in [6.45, 7) is 0. The van der Waals surface area contributed by atoms with Crippen molar-refractivity contribution in [2.75, 3.05) is 7.11 Å². The van der Waals surface area contributed by atoms with Crippen molar-refractivity contribution in [1.82, 2.24) is 5.01 Å². The van der Waals surface area contributed by atoms with Crippen LogP contribution in [0.3, 0.4) is 0 Å². The van der Waals surface area contributed by atoms with E-state index in [9.17, 15) is 14.7 Å². The van der Waals surface area contributed by atoms with Crippen molar-refractivity contribution in [3.05, 3.63) is 71.8 Å². The molecule has 3 rings (SSSR count). The molecule has 0 aromatic heterocycles. The number of nitrogens with zero attached hydrogens (tertiary/aromatic N) is 2. The normalized spacial score (nSPS) is 19.8. The number of amides is 1. The first kappa shape index (κ1) is 15.9. The number of aliphatic hydroxyl groups is 1. The molecule has 1 heterocycles. The van der Waals surface area contributed by atoms with E-state index in [4.69, 9.17) is 0 Å². The highest BCUT2D eigenvalue weighted by atomic mass is 16.5. The zero-order valence-electron chi connectivity index (χ0n) is 13.0. The van der Waals surface area contributed by atoms with Crippen molar-refractivity contribution in [2.24, 2.45) is 5.10 Å². The molecule has 122 valence electrons. The molecule has 0 saturated heterocycles. The van der Waals surface area contributed by atoms with E-state index in [0.29, 0.717) is 11.1 Å². The maximum absolute atomic E-state index is 12.8. The molecule has 1 unspecified atom stereocenters. The van der Waals surface area contributed by atoms with Crippen LogP contribution in [0, 0.1) is 0 Å². The van der Waals surface area contributed by atoms with Crippen LogP contribution in [0.4, 0.5) is 0 Å². The highest BCUT2D eigenvalue weighted by Crippen LogP contribution is 2.36. The molecule has 1 amide bonds. The van der Waals surface area contributed by atoms with Gasteiger partial charge in [0.1, 0.15) is 0 Å². The summed E-state index contributed by atoms with van der Waals surface area (Å²) in [7, 11) is 1.23. The van der Waals surface area contributed by atoms with Crippen molar-refractivity contribution >= 4 is 17.6 Å². The Kier molecular flexibility index (Phi) is 4.14. The van der Waals surface area contributed by atoms with Crippen LogP contribution in [-0.2, 0) is 15.3 Å². The van der Waals surface area contributed by atoms with Gasteiger partial charge in [-0.2, -0.15) is 10.1 Å². The summed E-state index contributed by atoms with van der Waals surface area (Å²) in [6, 6.07) is 17.1. The summed E-state index contributed by atoms with van der Waals surface area (Å²) in [6.07, 6.45) is -0.137. The van der Waals surface area contributed by atoms with E-state index in [-0.39, 0.29) is 12.1 Å². The third kappa shape index (κ3) is 2.68. The summed E-state index contributed by atoms with van der Waals surface area (Å²) in [4.78, 5) is 24.6. The first-order valence-electron chi connectivity index (χ1n) is 7.39. The van der Waals surface area contributed by atoms with Crippen molar-refractivity contribution in [2.45, 2.75) is 12.1 Å². The average molecular weight is 324 g/mol. The van der Waals surface area contributed by atoms with Crippen LogP contribution in [0.25, 0.3) is 0 Å². The van der Waals surface area contributed by atoms with Gasteiger partial charge in [0, 0.05) is 11.1 Å². The average Bonchev–Trinajstić information content (AvgIpc) is 3.01. The predicted molar refractivity (Wildman–Crippen MR) is 87.0 cm³/mol. The zero-order chi connectivity index (χ0) is 17.2. The second kappa shape index (κ2) is 6.25. The van der Waals surface area contributed by atoms with Crippen LogP contribution >= 0.6 is 0 Å². The minimum absolute atomic E-state index is 0.00636. The lowest BCUT2D eigenvalue weighted by Crippen LogP contribution is -2.43. The molecular weight excluding hydrogens is 308 g/mol. The van der Waals surface area contributed by atoms with Gasteiger partial charge < -0.3 is 9.84 Å². The smallest absolute Gasteiger partial charge is 0.354 e. The summed E-state index contributed by atoms with van der Waals surface area (Å²) in [5.41, 5.74) is -0.913. The number of ether oxygens (including phenoxy) is 1. The number of methoxy groups -OCH3 is 1.